The largest absolute Gasteiger partial charge is 0.480 e. The van der Waals surface area contributed by atoms with E-state index in [1.54, 1.807) is 6.92 Å². The average Bonchev–Trinajstić information content (AvgIpc) is 2.81. The lowest BCUT2D eigenvalue weighted by Gasteiger charge is -2.35. The first-order valence-corrected chi connectivity index (χ1v) is 14.3. The highest BCUT2D eigenvalue weighted by atomic mass is 32.3. The van der Waals surface area contributed by atoms with Gasteiger partial charge in [-0.25, -0.2) is 16.8 Å². The highest BCUT2D eigenvalue weighted by Gasteiger charge is 2.46. The molecule has 0 bridgehead atoms. The fourth-order valence-electron chi connectivity index (χ4n) is 3.29. The standard InChI is InChI=1S/C22H28N2O.C2F6NO4S2/c1-19(2)22(25)23-15-10-16-24(3,17-20-11-6-4-7-12-20)18-21-13-8-5-9-14-21;3-1(4,5)14(10,11)9-15(12,13)2(6,7)8/h4-9,11-14H,1,10,15-18H2,2-3H3;/q;-1/p+1. The molecule has 0 spiro atoms. The van der Waals surface area contributed by atoms with Crippen LogP contribution < -0.4 is 5.32 Å². The lowest BCUT2D eigenvalue weighted by atomic mass is 10.1. The number of quaternary nitrogens is 1. The second-order valence-corrected chi connectivity index (χ2v) is 12.4. The van der Waals surface area contributed by atoms with Crippen molar-refractivity contribution in [3.05, 3.63) is 88.1 Å². The first-order chi connectivity index (χ1) is 18.2. The molecule has 0 aliphatic rings. The number of halogens is 6. The Morgan fingerprint density at radius 1 is 0.825 bits per heavy atom. The van der Waals surface area contributed by atoms with Crippen LogP contribution in [0.5, 0.6) is 0 Å². The van der Waals surface area contributed by atoms with Crippen molar-refractivity contribution in [1.82, 2.24) is 5.32 Å². The lowest BCUT2D eigenvalue weighted by Crippen LogP contribution is -2.44. The number of nitrogens with one attached hydrogen (secondary N) is 1. The number of benzene rings is 2. The van der Waals surface area contributed by atoms with Crippen molar-refractivity contribution in [3.63, 3.8) is 0 Å². The molecule has 8 nitrogen and oxygen atoms in total. The number of amides is 1. The van der Waals surface area contributed by atoms with Gasteiger partial charge in [0.2, 0.25) is 5.91 Å². The molecule has 0 heterocycles. The summed E-state index contributed by atoms with van der Waals surface area (Å²) in [4.78, 5) is 11.6. The second-order valence-electron chi connectivity index (χ2n) is 8.94. The number of carbonyl (C=O) groups is 1. The van der Waals surface area contributed by atoms with Crippen LogP contribution in [0.4, 0.5) is 26.3 Å². The van der Waals surface area contributed by atoms with Crippen LogP contribution in [0.2, 0.25) is 0 Å². The molecule has 0 saturated heterocycles. The normalized spacial score (nSPS) is 12.7. The van der Waals surface area contributed by atoms with Crippen LogP contribution in [0.1, 0.15) is 24.5 Å². The molecule has 0 atom stereocenters. The maximum atomic E-state index is 11.6. The van der Waals surface area contributed by atoms with Gasteiger partial charge in [-0.2, -0.15) is 26.3 Å². The molecular formula is C24H29F6N3O5S2. The number of hydrogen-bond acceptors (Lipinski definition) is 5. The van der Waals surface area contributed by atoms with Crippen molar-refractivity contribution in [3.8, 4) is 0 Å². The van der Waals surface area contributed by atoms with Crippen molar-refractivity contribution in [1.29, 1.82) is 0 Å². The first kappa shape index (κ1) is 35.1. The predicted octanol–water partition coefficient (Wildman–Crippen LogP) is 4.98. The van der Waals surface area contributed by atoms with Gasteiger partial charge in [-0.05, 0) is 6.92 Å². The summed E-state index contributed by atoms with van der Waals surface area (Å²) in [5, 5.41) is 2.93. The van der Waals surface area contributed by atoms with Crippen LogP contribution in [0.15, 0.2) is 72.8 Å². The second kappa shape index (κ2) is 14.1. The van der Waals surface area contributed by atoms with E-state index >= 15 is 0 Å². The zero-order valence-electron chi connectivity index (χ0n) is 21.5. The van der Waals surface area contributed by atoms with E-state index < -0.39 is 31.1 Å². The van der Waals surface area contributed by atoms with E-state index in [1.807, 2.05) is 0 Å². The van der Waals surface area contributed by atoms with E-state index in [-0.39, 0.29) is 5.91 Å². The summed E-state index contributed by atoms with van der Waals surface area (Å²) < 4.78 is 110. The Morgan fingerprint density at radius 3 is 1.52 bits per heavy atom. The molecular weight excluding hydrogens is 588 g/mol. The Kier molecular flexibility index (Phi) is 12.4. The Morgan fingerprint density at radius 2 is 1.20 bits per heavy atom. The number of sulfonamides is 2. The molecule has 0 unspecified atom stereocenters. The molecule has 0 radical (unpaired) electrons. The Labute approximate surface area is 229 Å². The van der Waals surface area contributed by atoms with Crippen LogP contribution in [-0.2, 0) is 37.9 Å². The van der Waals surface area contributed by atoms with E-state index in [0.29, 0.717) is 12.1 Å². The summed E-state index contributed by atoms with van der Waals surface area (Å²) in [6, 6.07) is 21.2. The zero-order chi connectivity index (χ0) is 30.8. The summed E-state index contributed by atoms with van der Waals surface area (Å²) >= 11 is 0. The molecule has 16 heteroatoms. The zero-order valence-corrected chi connectivity index (χ0v) is 23.2. The van der Waals surface area contributed by atoms with Gasteiger partial charge < -0.3 is 13.9 Å². The molecule has 224 valence electrons. The third kappa shape index (κ3) is 11.7. The number of nitrogens with zero attached hydrogens (tertiary/aromatic N) is 2. The molecule has 2 aromatic carbocycles. The molecule has 0 aromatic heterocycles. The Bertz CT molecular complexity index is 1250. The fourth-order valence-corrected chi connectivity index (χ4v) is 5.00. The van der Waals surface area contributed by atoms with Gasteiger partial charge in [0, 0.05) is 29.7 Å². The first-order valence-electron chi connectivity index (χ1n) is 11.4. The molecule has 2 rings (SSSR count). The van der Waals surface area contributed by atoms with Crippen molar-refractivity contribution >= 4 is 26.0 Å². The minimum Gasteiger partial charge on any atom is -0.421 e. The molecule has 1 N–H and O–H groups in total. The maximum Gasteiger partial charge on any atom is 0.480 e. The highest BCUT2D eigenvalue weighted by molar-refractivity contribution is 8.13. The van der Waals surface area contributed by atoms with Gasteiger partial charge in [-0.1, -0.05) is 67.2 Å². The summed E-state index contributed by atoms with van der Waals surface area (Å²) in [5.74, 6) is -0.0553. The van der Waals surface area contributed by atoms with Gasteiger partial charge in [-0.15, -0.1) is 0 Å². The predicted molar refractivity (Wildman–Crippen MR) is 137 cm³/mol. The van der Waals surface area contributed by atoms with Gasteiger partial charge in [0.05, 0.1) is 13.6 Å². The Hall–Kier alpha value is -2.95. The van der Waals surface area contributed by atoms with Crippen LogP contribution in [0.3, 0.4) is 0 Å². The van der Waals surface area contributed by atoms with Gasteiger partial charge >= 0.3 is 11.0 Å². The quantitative estimate of drug-likeness (QED) is 0.166. The minimum absolute atomic E-state index is 0.0553. The SMILES string of the molecule is C=C(C)C(=O)NCCC[N+](C)(Cc1ccccc1)Cc1ccccc1.O=S(=O)([N-]S(=O)(=O)C(F)(F)F)C(F)(F)F. The van der Waals surface area contributed by atoms with Gasteiger partial charge in [0.1, 0.15) is 13.1 Å². The van der Waals surface area contributed by atoms with Crippen molar-refractivity contribution < 1.29 is 52.5 Å². The number of carbonyl (C=O) groups excluding carboxylic acids is 1. The molecule has 0 aliphatic carbocycles. The third-order valence-electron chi connectivity index (χ3n) is 5.14. The van der Waals surface area contributed by atoms with E-state index in [4.69, 9.17) is 0 Å². The summed E-state index contributed by atoms with van der Waals surface area (Å²) in [5.41, 5.74) is -9.17. The number of alkyl halides is 6. The molecule has 0 saturated carbocycles. The molecule has 1 amide bonds. The molecule has 0 aliphatic heterocycles. The van der Waals surface area contributed by atoms with Gasteiger partial charge in [0.25, 0.3) is 0 Å². The smallest absolute Gasteiger partial charge is 0.421 e. The number of rotatable bonds is 11. The maximum absolute atomic E-state index is 11.6. The van der Waals surface area contributed by atoms with Gasteiger partial charge in [-0.3, -0.25) is 4.79 Å². The van der Waals surface area contributed by atoms with E-state index in [0.717, 1.165) is 34.7 Å². The van der Waals surface area contributed by atoms with Crippen LogP contribution >= 0.6 is 0 Å². The average molecular weight is 618 g/mol. The van der Waals surface area contributed by atoms with E-state index in [2.05, 4.69) is 79.6 Å². The van der Waals surface area contributed by atoms with Crippen molar-refractivity contribution in [2.45, 2.75) is 37.5 Å². The number of hydrogen-bond donors (Lipinski definition) is 1. The lowest BCUT2D eigenvalue weighted by molar-refractivity contribution is -0.935. The fraction of sp³-hybridized carbons (Fsp3) is 0.375. The minimum atomic E-state index is -6.72. The highest BCUT2D eigenvalue weighted by Crippen LogP contribution is 2.36. The molecule has 40 heavy (non-hydrogen) atoms. The van der Waals surface area contributed by atoms with Crippen molar-refractivity contribution in [2.24, 2.45) is 0 Å². The monoisotopic (exact) mass is 617 g/mol. The topological polar surface area (TPSA) is 111 Å². The van der Waals surface area contributed by atoms with Crippen molar-refractivity contribution in [2.75, 3.05) is 20.1 Å². The van der Waals surface area contributed by atoms with E-state index in [1.165, 1.54) is 11.1 Å². The third-order valence-corrected chi connectivity index (χ3v) is 7.88. The molecule has 2 aromatic rings. The van der Waals surface area contributed by atoms with Crippen LogP contribution in [0, 0.1) is 0 Å². The Balaban J connectivity index is 0.000000459. The van der Waals surface area contributed by atoms with Crippen LogP contribution in [-0.4, -0.2) is 58.4 Å². The van der Waals surface area contributed by atoms with Gasteiger partial charge in [0.15, 0.2) is 20.0 Å². The summed E-state index contributed by atoms with van der Waals surface area (Å²) in [6.45, 7) is 9.05. The summed E-state index contributed by atoms with van der Waals surface area (Å²) in [6.07, 6.45) is 0.940. The van der Waals surface area contributed by atoms with Crippen LogP contribution in [0.25, 0.3) is 4.13 Å². The summed E-state index contributed by atoms with van der Waals surface area (Å²) in [7, 11) is -11.2. The van der Waals surface area contributed by atoms with E-state index in [9.17, 15) is 48.0 Å². The molecule has 0 fully saturated rings.